The highest BCUT2D eigenvalue weighted by Crippen LogP contribution is 2.40. The second-order valence-corrected chi connectivity index (χ2v) is 5.64. The van der Waals surface area contributed by atoms with E-state index < -0.39 is 0 Å². The van der Waals surface area contributed by atoms with Crippen LogP contribution >= 0.6 is 0 Å². The molecule has 0 aromatic carbocycles. The third-order valence-corrected chi connectivity index (χ3v) is 3.45. The summed E-state index contributed by atoms with van der Waals surface area (Å²) in [5, 5.41) is 6.76. The molecule has 1 saturated carbocycles. The van der Waals surface area contributed by atoms with E-state index >= 15 is 0 Å². The first-order valence-corrected chi connectivity index (χ1v) is 6.94. The van der Waals surface area contributed by atoms with Crippen LogP contribution < -0.4 is 10.6 Å². The van der Waals surface area contributed by atoms with E-state index in [0.29, 0.717) is 12.4 Å². The predicted octanol–water partition coefficient (Wildman–Crippen LogP) is 2.66. The quantitative estimate of drug-likeness (QED) is 0.793. The Labute approximate surface area is 115 Å². The molecular formula is C14H24N4O. The minimum absolute atomic E-state index is 0.0855. The molecule has 1 fully saturated rings. The Kier molecular flexibility index (Phi) is 4.24. The first kappa shape index (κ1) is 14.1. The molecule has 1 aliphatic carbocycles. The van der Waals surface area contributed by atoms with Gasteiger partial charge in [-0.3, -0.25) is 0 Å². The molecule has 0 radical (unpaired) electrons. The molecule has 1 aliphatic rings. The summed E-state index contributed by atoms with van der Waals surface area (Å²) in [5.41, 5.74) is 0.0855. The van der Waals surface area contributed by atoms with Gasteiger partial charge in [0.15, 0.2) is 5.82 Å². The van der Waals surface area contributed by atoms with Gasteiger partial charge in [0.25, 0.3) is 0 Å². The van der Waals surface area contributed by atoms with Gasteiger partial charge in [-0.2, -0.15) is 0 Å². The Balaban J connectivity index is 2.17. The lowest BCUT2D eigenvalue weighted by molar-refractivity contribution is 0.178. The normalized spacial score (nSPS) is 15.4. The van der Waals surface area contributed by atoms with Crippen LogP contribution in [0.3, 0.4) is 0 Å². The second-order valence-electron chi connectivity index (χ2n) is 5.64. The van der Waals surface area contributed by atoms with Gasteiger partial charge in [-0.25, -0.2) is 9.97 Å². The van der Waals surface area contributed by atoms with Crippen molar-refractivity contribution in [1.29, 1.82) is 0 Å². The lowest BCUT2D eigenvalue weighted by Crippen LogP contribution is -2.33. The summed E-state index contributed by atoms with van der Waals surface area (Å²) in [6.07, 6.45) is 2.60. The SMILES string of the molecule is CCNc1cc(NC(C)(C)C2CC2)nc(COC)n1. The second kappa shape index (κ2) is 5.74. The molecule has 19 heavy (non-hydrogen) atoms. The number of aromatic nitrogens is 2. The molecule has 0 atom stereocenters. The Morgan fingerprint density at radius 2 is 2.00 bits per heavy atom. The Bertz CT molecular complexity index is 405. The van der Waals surface area contributed by atoms with Gasteiger partial charge in [-0.15, -0.1) is 0 Å². The molecule has 1 heterocycles. The van der Waals surface area contributed by atoms with Crippen LogP contribution in [0.15, 0.2) is 6.07 Å². The summed E-state index contributed by atoms with van der Waals surface area (Å²) >= 11 is 0. The van der Waals surface area contributed by atoms with Crippen molar-refractivity contribution < 1.29 is 4.74 Å². The van der Waals surface area contributed by atoms with Crippen LogP contribution in [0.25, 0.3) is 0 Å². The van der Waals surface area contributed by atoms with Gasteiger partial charge in [0.1, 0.15) is 18.2 Å². The number of anilines is 2. The van der Waals surface area contributed by atoms with E-state index in [9.17, 15) is 0 Å². The fourth-order valence-corrected chi connectivity index (χ4v) is 2.26. The molecule has 0 spiro atoms. The van der Waals surface area contributed by atoms with Crippen molar-refractivity contribution in [3.63, 3.8) is 0 Å². The van der Waals surface area contributed by atoms with E-state index in [-0.39, 0.29) is 5.54 Å². The highest BCUT2D eigenvalue weighted by atomic mass is 16.5. The van der Waals surface area contributed by atoms with Gasteiger partial charge in [-0.1, -0.05) is 0 Å². The Morgan fingerprint density at radius 3 is 2.58 bits per heavy atom. The molecule has 106 valence electrons. The number of ether oxygens (including phenoxy) is 1. The molecule has 0 saturated heterocycles. The number of methoxy groups -OCH3 is 1. The van der Waals surface area contributed by atoms with Gasteiger partial charge >= 0.3 is 0 Å². The average Bonchev–Trinajstić information content (AvgIpc) is 3.12. The summed E-state index contributed by atoms with van der Waals surface area (Å²) in [6.45, 7) is 7.79. The first-order valence-electron chi connectivity index (χ1n) is 6.94. The Morgan fingerprint density at radius 1 is 1.32 bits per heavy atom. The molecule has 0 amide bonds. The monoisotopic (exact) mass is 264 g/mol. The van der Waals surface area contributed by atoms with Crippen molar-refractivity contribution >= 4 is 11.6 Å². The van der Waals surface area contributed by atoms with Crippen LogP contribution in [-0.4, -0.2) is 29.2 Å². The molecule has 5 nitrogen and oxygen atoms in total. The van der Waals surface area contributed by atoms with E-state index in [0.717, 1.165) is 24.1 Å². The topological polar surface area (TPSA) is 59.1 Å². The predicted molar refractivity (Wildman–Crippen MR) is 77.3 cm³/mol. The average molecular weight is 264 g/mol. The van der Waals surface area contributed by atoms with Crippen LogP contribution in [0.5, 0.6) is 0 Å². The van der Waals surface area contributed by atoms with Crippen LogP contribution in [0.2, 0.25) is 0 Å². The smallest absolute Gasteiger partial charge is 0.158 e. The number of hydrogen-bond donors (Lipinski definition) is 2. The van der Waals surface area contributed by atoms with Gasteiger partial charge in [-0.05, 0) is 39.5 Å². The minimum atomic E-state index is 0.0855. The lowest BCUT2D eigenvalue weighted by atomic mass is 9.99. The maximum absolute atomic E-state index is 5.13. The molecule has 2 N–H and O–H groups in total. The molecule has 5 heteroatoms. The van der Waals surface area contributed by atoms with Crippen LogP contribution in [0, 0.1) is 5.92 Å². The largest absolute Gasteiger partial charge is 0.377 e. The number of nitrogens with one attached hydrogen (secondary N) is 2. The van der Waals surface area contributed by atoms with Crippen molar-refractivity contribution in [2.45, 2.75) is 45.8 Å². The maximum Gasteiger partial charge on any atom is 0.158 e. The number of nitrogens with zero attached hydrogens (tertiary/aromatic N) is 2. The van der Waals surface area contributed by atoms with Crippen molar-refractivity contribution in [3.05, 3.63) is 11.9 Å². The summed E-state index contributed by atoms with van der Waals surface area (Å²) in [6, 6.07) is 1.97. The van der Waals surface area contributed by atoms with Gasteiger partial charge in [0.05, 0.1) is 0 Å². The zero-order chi connectivity index (χ0) is 13.9. The van der Waals surface area contributed by atoms with Gasteiger partial charge < -0.3 is 15.4 Å². The lowest BCUT2D eigenvalue weighted by Gasteiger charge is -2.27. The van der Waals surface area contributed by atoms with Crippen molar-refractivity contribution in [3.8, 4) is 0 Å². The van der Waals surface area contributed by atoms with E-state index in [1.54, 1.807) is 7.11 Å². The van der Waals surface area contributed by atoms with Crippen LogP contribution in [0.4, 0.5) is 11.6 Å². The minimum Gasteiger partial charge on any atom is -0.377 e. The highest BCUT2D eigenvalue weighted by Gasteiger charge is 2.37. The highest BCUT2D eigenvalue weighted by molar-refractivity contribution is 5.49. The van der Waals surface area contributed by atoms with Crippen LogP contribution in [0.1, 0.15) is 39.4 Å². The molecule has 1 aromatic heterocycles. The van der Waals surface area contributed by atoms with Crippen LogP contribution in [-0.2, 0) is 11.3 Å². The third-order valence-electron chi connectivity index (χ3n) is 3.45. The number of hydrogen-bond acceptors (Lipinski definition) is 5. The summed E-state index contributed by atoms with van der Waals surface area (Å²) in [4.78, 5) is 8.93. The van der Waals surface area contributed by atoms with E-state index in [1.165, 1.54) is 12.8 Å². The molecule has 0 bridgehead atoms. The standard InChI is InChI=1S/C14H24N4O/c1-5-15-11-8-12(17-13(16-11)9-19-4)18-14(2,3)10-6-7-10/h8,10H,5-7,9H2,1-4H3,(H2,15,16,17,18). The molecular weight excluding hydrogens is 240 g/mol. The van der Waals surface area contributed by atoms with Crippen molar-refractivity contribution in [2.75, 3.05) is 24.3 Å². The molecule has 0 aliphatic heterocycles. The third kappa shape index (κ3) is 3.80. The fourth-order valence-electron chi connectivity index (χ4n) is 2.26. The molecule has 2 rings (SSSR count). The summed E-state index contributed by atoms with van der Waals surface area (Å²) in [5.74, 6) is 3.17. The number of rotatable bonds is 7. The van der Waals surface area contributed by atoms with E-state index in [2.05, 4.69) is 41.4 Å². The summed E-state index contributed by atoms with van der Waals surface area (Å²) in [7, 11) is 1.66. The van der Waals surface area contributed by atoms with Gasteiger partial charge in [0.2, 0.25) is 0 Å². The maximum atomic E-state index is 5.13. The molecule has 1 aromatic rings. The zero-order valence-corrected chi connectivity index (χ0v) is 12.3. The molecule has 0 unspecified atom stereocenters. The fraction of sp³-hybridized carbons (Fsp3) is 0.714. The Hall–Kier alpha value is -1.36. The van der Waals surface area contributed by atoms with Crippen molar-refractivity contribution in [2.24, 2.45) is 5.92 Å². The zero-order valence-electron chi connectivity index (χ0n) is 12.3. The first-order chi connectivity index (χ1) is 9.05. The van der Waals surface area contributed by atoms with E-state index in [1.807, 2.05) is 6.07 Å². The van der Waals surface area contributed by atoms with Crippen molar-refractivity contribution in [1.82, 2.24) is 9.97 Å². The van der Waals surface area contributed by atoms with Gasteiger partial charge in [0, 0.05) is 25.3 Å². The van der Waals surface area contributed by atoms with E-state index in [4.69, 9.17) is 4.74 Å². The summed E-state index contributed by atoms with van der Waals surface area (Å²) < 4.78 is 5.13.